The lowest BCUT2D eigenvalue weighted by Crippen LogP contribution is -2.23. The zero-order valence-electron chi connectivity index (χ0n) is 11.8. The predicted molar refractivity (Wildman–Crippen MR) is 81.4 cm³/mol. The van der Waals surface area contributed by atoms with Crippen molar-refractivity contribution >= 4 is 22.5 Å². The first-order valence-electron chi connectivity index (χ1n) is 6.40. The number of benzene rings is 1. The highest BCUT2D eigenvalue weighted by molar-refractivity contribution is 6.33. The number of methoxy groups -OCH3 is 1. The first-order valence-corrected chi connectivity index (χ1v) is 6.78. The second-order valence-corrected chi connectivity index (χ2v) is 5.00. The van der Waals surface area contributed by atoms with Crippen LogP contribution in [0.2, 0.25) is 5.15 Å². The van der Waals surface area contributed by atoms with Gasteiger partial charge in [0.1, 0.15) is 28.4 Å². The lowest BCUT2D eigenvalue weighted by Gasteiger charge is -2.15. The van der Waals surface area contributed by atoms with E-state index in [9.17, 15) is 9.18 Å². The van der Waals surface area contributed by atoms with E-state index in [1.165, 1.54) is 30.1 Å². The van der Waals surface area contributed by atoms with Gasteiger partial charge in [0.2, 0.25) is 0 Å². The number of para-hydroxylation sites is 1. The van der Waals surface area contributed by atoms with Gasteiger partial charge in [0.15, 0.2) is 5.82 Å². The predicted octanol–water partition coefficient (Wildman–Crippen LogP) is 2.89. The molecule has 0 aliphatic carbocycles. The van der Waals surface area contributed by atoms with Gasteiger partial charge < -0.3 is 4.74 Å². The molecule has 7 heteroatoms. The number of pyridine rings is 1. The van der Waals surface area contributed by atoms with Crippen LogP contribution in [0.15, 0.2) is 35.4 Å². The molecule has 22 heavy (non-hydrogen) atoms. The van der Waals surface area contributed by atoms with Crippen molar-refractivity contribution in [2.45, 2.75) is 6.92 Å². The molecule has 0 spiro atoms. The first-order chi connectivity index (χ1) is 10.5. The minimum Gasteiger partial charge on any atom is -0.494 e. The molecule has 3 rings (SSSR count). The van der Waals surface area contributed by atoms with Crippen LogP contribution in [0.4, 0.5) is 4.39 Å². The summed E-state index contributed by atoms with van der Waals surface area (Å²) in [6.45, 7) is 1.68. The molecule has 2 aromatic heterocycles. The van der Waals surface area contributed by atoms with Crippen molar-refractivity contribution in [1.29, 1.82) is 0 Å². The largest absolute Gasteiger partial charge is 0.494 e. The van der Waals surface area contributed by atoms with Crippen molar-refractivity contribution in [3.05, 3.63) is 57.6 Å². The normalized spacial score (nSPS) is 10.9. The minimum atomic E-state index is -0.566. The summed E-state index contributed by atoms with van der Waals surface area (Å²) in [4.78, 5) is 20.5. The van der Waals surface area contributed by atoms with Gasteiger partial charge in [0.05, 0.1) is 7.11 Å². The molecule has 0 atom stereocenters. The topological polar surface area (TPSA) is 57.0 Å². The van der Waals surface area contributed by atoms with Gasteiger partial charge in [-0.3, -0.25) is 9.36 Å². The average Bonchev–Trinajstić information content (AvgIpc) is 2.50. The molecule has 2 heterocycles. The van der Waals surface area contributed by atoms with E-state index in [2.05, 4.69) is 9.97 Å². The molecule has 3 aromatic rings. The van der Waals surface area contributed by atoms with Crippen LogP contribution in [0.1, 0.15) is 5.69 Å². The Morgan fingerprint density at radius 3 is 2.82 bits per heavy atom. The minimum absolute atomic E-state index is 0.0455. The molecule has 0 N–H and O–H groups in total. The maximum absolute atomic E-state index is 14.3. The molecule has 1 aromatic carbocycles. The number of aryl methyl sites for hydroxylation is 1. The fourth-order valence-electron chi connectivity index (χ4n) is 2.37. The van der Waals surface area contributed by atoms with Gasteiger partial charge >= 0.3 is 0 Å². The Balaban J connectivity index is 2.46. The van der Waals surface area contributed by atoms with Gasteiger partial charge in [-0.2, -0.15) is 0 Å². The number of hydrogen-bond donors (Lipinski definition) is 0. The van der Waals surface area contributed by atoms with Gasteiger partial charge in [-0.05, 0) is 25.1 Å². The van der Waals surface area contributed by atoms with E-state index < -0.39 is 11.4 Å². The van der Waals surface area contributed by atoms with E-state index in [1.807, 2.05) is 0 Å². The number of aromatic nitrogens is 3. The summed E-state index contributed by atoms with van der Waals surface area (Å²) in [5.41, 5.74) is 0.181. The van der Waals surface area contributed by atoms with Crippen LogP contribution in [0.3, 0.4) is 0 Å². The summed E-state index contributed by atoms with van der Waals surface area (Å²) in [7, 11) is 1.42. The van der Waals surface area contributed by atoms with Gasteiger partial charge in [-0.15, -0.1) is 0 Å². The second-order valence-electron chi connectivity index (χ2n) is 4.64. The molecule has 0 fully saturated rings. The number of fused-ring (bicyclic) bond motifs is 1. The Kier molecular flexibility index (Phi) is 3.54. The summed E-state index contributed by atoms with van der Waals surface area (Å²) >= 11 is 5.99. The average molecular weight is 320 g/mol. The maximum atomic E-state index is 14.3. The molecular weight excluding hydrogens is 309 g/mol. The molecule has 112 valence electrons. The molecule has 0 unspecified atom stereocenters. The lowest BCUT2D eigenvalue weighted by atomic mass is 10.2. The summed E-state index contributed by atoms with van der Waals surface area (Å²) in [5.74, 6) is -0.311. The van der Waals surface area contributed by atoms with Crippen LogP contribution in [-0.2, 0) is 0 Å². The smallest absolute Gasteiger partial charge is 0.282 e. The van der Waals surface area contributed by atoms with Gasteiger partial charge in [-0.25, -0.2) is 14.4 Å². The van der Waals surface area contributed by atoms with Gasteiger partial charge in [0.25, 0.3) is 5.56 Å². The molecule has 0 saturated heterocycles. The summed E-state index contributed by atoms with van der Waals surface area (Å²) in [5, 5.41) is 0.607. The number of hydrogen-bond acceptors (Lipinski definition) is 4. The fraction of sp³-hybridized carbons (Fsp3) is 0.133. The van der Waals surface area contributed by atoms with Crippen LogP contribution in [0.25, 0.3) is 16.6 Å². The van der Waals surface area contributed by atoms with Crippen LogP contribution in [0.5, 0.6) is 5.75 Å². The zero-order chi connectivity index (χ0) is 15.9. The zero-order valence-corrected chi connectivity index (χ0v) is 12.6. The Labute approximate surface area is 130 Å². The van der Waals surface area contributed by atoms with Gasteiger partial charge in [0, 0.05) is 11.1 Å². The molecule has 0 saturated carbocycles. The first kappa shape index (κ1) is 14.5. The highest BCUT2D eigenvalue weighted by Crippen LogP contribution is 2.27. The Morgan fingerprint density at radius 1 is 1.32 bits per heavy atom. The van der Waals surface area contributed by atoms with Crippen molar-refractivity contribution < 1.29 is 9.13 Å². The number of halogens is 2. The van der Waals surface area contributed by atoms with E-state index in [1.54, 1.807) is 19.1 Å². The summed E-state index contributed by atoms with van der Waals surface area (Å²) < 4.78 is 20.7. The molecule has 0 bridgehead atoms. The van der Waals surface area contributed by atoms with Crippen LogP contribution < -0.4 is 10.3 Å². The summed E-state index contributed by atoms with van der Waals surface area (Å²) in [6.07, 6.45) is 1.20. The SMILES string of the molecule is COc1cccc(F)c1-n1c(C)cc2c(Cl)ncnc2c1=O. The van der Waals surface area contributed by atoms with Crippen molar-refractivity contribution in [3.63, 3.8) is 0 Å². The Bertz CT molecular complexity index is 940. The van der Waals surface area contributed by atoms with E-state index in [0.717, 1.165) is 0 Å². The van der Waals surface area contributed by atoms with Crippen molar-refractivity contribution in [2.75, 3.05) is 7.11 Å². The van der Waals surface area contributed by atoms with E-state index >= 15 is 0 Å². The van der Waals surface area contributed by atoms with Crippen LogP contribution in [0, 0.1) is 12.7 Å². The molecule has 0 amide bonds. The lowest BCUT2D eigenvalue weighted by molar-refractivity contribution is 0.408. The molecule has 0 aliphatic heterocycles. The molecule has 5 nitrogen and oxygen atoms in total. The monoisotopic (exact) mass is 319 g/mol. The highest BCUT2D eigenvalue weighted by Gasteiger charge is 2.18. The maximum Gasteiger partial charge on any atom is 0.282 e. The van der Waals surface area contributed by atoms with Crippen LogP contribution in [-0.4, -0.2) is 21.6 Å². The fourth-order valence-corrected chi connectivity index (χ4v) is 2.55. The van der Waals surface area contributed by atoms with Crippen LogP contribution >= 0.6 is 11.6 Å². The molecular formula is C15H11ClFN3O2. The van der Waals surface area contributed by atoms with Crippen molar-refractivity contribution in [3.8, 4) is 11.4 Å². The molecule has 0 radical (unpaired) electrons. The molecule has 0 aliphatic rings. The third-order valence-corrected chi connectivity index (χ3v) is 3.64. The van der Waals surface area contributed by atoms with E-state index in [0.29, 0.717) is 11.1 Å². The Morgan fingerprint density at radius 2 is 2.09 bits per heavy atom. The Hall–Kier alpha value is -2.47. The third-order valence-electron chi connectivity index (χ3n) is 3.34. The van der Waals surface area contributed by atoms with Crippen molar-refractivity contribution in [2.24, 2.45) is 0 Å². The third kappa shape index (κ3) is 2.12. The highest BCUT2D eigenvalue weighted by atomic mass is 35.5. The van der Waals surface area contributed by atoms with E-state index in [-0.39, 0.29) is 22.1 Å². The second kappa shape index (κ2) is 5.38. The van der Waals surface area contributed by atoms with Gasteiger partial charge in [-0.1, -0.05) is 17.7 Å². The number of rotatable bonds is 2. The summed E-state index contributed by atoms with van der Waals surface area (Å²) in [6, 6.07) is 6.01. The number of nitrogens with zero attached hydrogens (tertiary/aromatic N) is 3. The quantitative estimate of drug-likeness (QED) is 0.682. The number of ether oxygens (including phenoxy) is 1. The van der Waals surface area contributed by atoms with E-state index in [4.69, 9.17) is 16.3 Å². The standard InChI is InChI=1S/C15H11ClFN3O2/c1-8-6-9-12(18-7-19-14(9)16)15(21)20(8)13-10(17)4-3-5-11(13)22-2/h3-7H,1-2H3. The van der Waals surface area contributed by atoms with Crippen molar-refractivity contribution in [1.82, 2.24) is 14.5 Å².